The van der Waals surface area contributed by atoms with Gasteiger partial charge in [0.05, 0.1) is 17.4 Å². The fraction of sp³-hybridized carbons (Fsp3) is 0.462. The second-order valence-corrected chi connectivity index (χ2v) is 5.10. The molecule has 7 heteroatoms. The Balaban J connectivity index is 2.01. The molecule has 1 N–H and O–H groups in total. The van der Waals surface area contributed by atoms with Gasteiger partial charge >= 0.3 is 0 Å². The maximum atomic E-state index is 12.2. The van der Waals surface area contributed by atoms with Gasteiger partial charge in [-0.1, -0.05) is 18.5 Å². The molecule has 0 bridgehead atoms. The molecule has 0 radical (unpaired) electrons. The predicted molar refractivity (Wildman–Crippen MR) is 76.4 cm³/mol. The molecule has 1 atom stereocenters. The van der Waals surface area contributed by atoms with Gasteiger partial charge in [-0.15, -0.1) is 0 Å². The third-order valence-corrected chi connectivity index (χ3v) is 3.56. The number of rotatable bonds is 5. The fourth-order valence-electron chi connectivity index (χ4n) is 2.00. The number of nitrogens with zero attached hydrogens (tertiary/aromatic N) is 4. The Hall–Kier alpha value is -1.82. The topological polar surface area (TPSA) is 64.7 Å². The molecule has 0 aliphatic heterocycles. The number of amides is 1. The van der Waals surface area contributed by atoms with Crippen molar-refractivity contribution in [3.8, 4) is 0 Å². The third kappa shape index (κ3) is 3.01. The maximum absolute atomic E-state index is 12.2. The first kappa shape index (κ1) is 14.6. The number of hydrogen-bond donors (Lipinski definition) is 1. The SMILES string of the molecule is CCC(C(=O)NCc1cnn(C)c1C)n1cc(Cl)cn1. The lowest BCUT2D eigenvalue weighted by atomic mass is 10.2. The summed E-state index contributed by atoms with van der Waals surface area (Å²) in [5.41, 5.74) is 2.05. The van der Waals surface area contributed by atoms with E-state index in [1.807, 2.05) is 20.9 Å². The molecule has 1 amide bonds. The largest absolute Gasteiger partial charge is 0.350 e. The lowest BCUT2D eigenvalue weighted by Crippen LogP contribution is -2.32. The van der Waals surface area contributed by atoms with Crippen molar-refractivity contribution in [1.82, 2.24) is 24.9 Å². The predicted octanol–water partition coefficient (Wildman–Crippen LogP) is 1.85. The number of nitrogens with one attached hydrogen (secondary N) is 1. The lowest BCUT2D eigenvalue weighted by molar-refractivity contribution is -0.124. The van der Waals surface area contributed by atoms with Crippen molar-refractivity contribution in [2.45, 2.75) is 32.9 Å². The minimum absolute atomic E-state index is 0.0736. The number of carbonyl (C=O) groups is 1. The average Bonchev–Trinajstić information content (AvgIpc) is 2.97. The summed E-state index contributed by atoms with van der Waals surface area (Å²) >= 11 is 5.84. The van der Waals surface area contributed by atoms with Gasteiger partial charge in [0.2, 0.25) is 5.91 Å². The molecule has 2 aromatic rings. The van der Waals surface area contributed by atoms with E-state index in [0.29, 0.717) is 18.0 Å². The Bertz CT molecular complexity index is 604. The van der Waals surface area contributed by atoms with Crippen LogP contribution in [0.15, 0.2) is 18.6 Å². The highest BCUT2D eigenvalue weighted by atomic mass is 35.5. The van der Waals surface area contributed by atoms with Crippen molar-refractivity contribution < 1.29 is 4.79 Å². The van der Waals surface area contributed by atoms with Crippen LogP contribution in [0.2, 0.25) is 5.02 Å². The Morgan fingerprint density at radius 3 is 2.70 bits per heavy atom. The first-order chi connectivity index (χ1) is 9.52. The summed E-state index contributed by atoms with van der Waals surface area (Å²) in [6, 6.07) is -0.348. The standard InChI is InChI=1S/C13H18ClN5O/c1-4-12(19-8-11(14)7-17-19)13(20)15-5-10-6-16-18(3)9(10)2/h6-8,12H,4-5H2,1-3H3,(H,15,20). The highest BCUT2D eigenvalue weighted by Gasteiger charge is 2.19. The zero-order valence-electron chi connectivity index (χ0n) is 11.8. The fourth-order valence-corrected chi connectivity index (χ4v) is 2.14. The van der Waals surface area contributed by atoms with Crippen molar-refractivity contribution in [2.24, 2.45) is 7.05 Å². The van der Waals surface area contributed by atoms with Crippen LogP contribution < -0.4 is 5.32 Å². The minimum Gasteiger partial charge on any atom is -0.350 e. The summed E-state index contributed by atoms with van der Waals surface area (Å²) < 4.78 is 3.37. The number of halogens is 1. The second kappa shape index (κ2) is 6.09. The van der Waals surface area contributed by atoms with Gasteiger partial charge in [0, 0.05) is 31.0 Å². The number of aromatic nitrogens is 4. The molecule has 6 nitrogen and oxygen atoms in total. The van der Waals surface area contributed by atoms with Gasteiger partial charge in [0.1, 0.15) is 6.04 Å². The Morgan fingerprint density at radius 1 is 1.45 bits per heavy atom. The van der Waals surface area contributed by atoms with Gasteiger partial charge in [0.15, 0.2) is 0 Å². The van der Waals surface area contributed by atoms with E-state index in [4.69, 9.17) is 11.6 Å². The van der Waals surface area contributed by atoms with E-state index in [9.17, 15) is 4.79 Å². The Kier molecular flexibility index (Phi) is 4.44. The molecule has 2 rings (SSSR count). The van der Waals surface area contributed by atoms with Crippen LogP contribution in [-0.4, -0.2) is 25.5 Å². The molecule has 108 valence electrons. The molecular formula is C13H18ClN5O. The molecule has 2 heterocycles. The van der Waals surface area contributed by atoms with Gasteiger partial charge in [-0.25, -0.2) is 0 Å². The zero-order valence-corrected chi connectivity index (χ0v) is 12.6. The molecule has 0 aliphatic rings. The molecule has 1 unspecified atom stereocenters. The van der Waals surface area contributed by atoms with Crippen LogP contribution in [0.25, 0.3) is 0 Å². The highest BCUT2D eigenvalue weighted by molar-refractivity contribution is 6.30. The third-order valence-electron chi connectivity index (χ3n) is 3.37. The van der Waals surface area contributed by atoms with E-state index in [1.54, 1.807) is 21.8 Å². The van der Waals surface area contributed by atoms with Gasteiger partial charge in [-0.2, -0.15) is 10.2 Å². The van der Waals surface area contributed by atoms with E-state index >= 15 is 0 Å². The van der Waals surface area contributed by atoms with E-state index in [1.165, 1.54) is 6.20 Å². The summed E-state index contributed by atoms with van der Waals surface area (Å²) in [5.74, 6) is -0.0736. The first-order valence-electron chi connectivity index (χ1n) is 6.47. The van der Waals surface area contributed by atoms with E-state index < -0.39 is 0 Å². The number of carbonyl (C=O) groups excluding carboxylic acids is 1. The minimum atomic E-state index is -0.348. The van der Waals surface area contributed by atoms with Gasteiger partial charge < -0.3 is 5.32 Å². The monoisotopic (exact) mass is 295 g/mol. The van der Waals surface area contributed by atoms with Gasteiger partial charge in [0.25, 0.3) is 0 Å². The smallest absolute Gasteiger partial charge is 0.245 e. The average molecular weight is 296 g/mol. The molecule has 0 aliphatic carbocycles. The van der Waals surface area contributed by atoms with Crippen molar-refractivity contribution in [2.75, 3.05) is 0 Å². The van der Waals surface area contributed by atoms with Gasteiger partial charge in [-0.3, -0.25) is 14.2 Å². The number of hydrogen-bond acceptors (Lipinski definition) is 3. The van der Waals surface area contributed by atoms with Crippen LogP contribution in [-0.2, 0) is 18.4 Å². The van der Waals surface area contributed by atoms with E-state index in [0.717, 1.165) is 11.3 Å². The molecule has 0 aromatic carbocycles. The Labute approximate surface area is 122 Å². The molecule has 0 fully saturated rings. The summed E-state index contributed by atoms with van der Waals surface area (Å²) in [6.07, 6.45) is 5.60. The molecule has 20 heavy (non-hydrogen) atoms. The first-order valence-corrected chi connectivity index (χ1v) is 6.85. The Morgan fingerprint density at radius 2 is 2.20 bits per heavy atom. The van der Waals surface area contributed by atoms with Crippen LogP contribution in [0.1, 0.15) is 30.6 Å². The molecule has 0 saturated carbocycles. The van der Waals surface area contributed by atoms with Crippen LogP contribution in [0.4, 0.5) is 0 Å². The normalized spacial score (nSPS) is 12.4. The van der Waals surface area contributed by atoms with Gasteiger partial charge in [-0.05, 0) is 13.3 Å². The highest BCUT2D eigenvalue weighted by Crippen LogP contribution is 2.15. The van der Waals surface area contributed by atoms with Crippen LogP contribution in [0, 0.1) is 6.92 Å². The summed E-state index contributed by atoms with van der Waals surface area (Å²) in [5, 5.41) is 11.7. The zero-order chi connectivity index (χ0) is 14.7. The second-order valence-electron chi connectivity index (χ2n) is 4.66. The van der Waals surface area contributed by atoms with E-state index in [2.05, 4.69) is 15.5 Å². The maximum Gasteiger partial charge on any atom is 0.245 e. The van der Waals surface area contributed by atoms with Crippen molar-refractivity contribution in [1.29, 1.82) is 0 Å². The van der Waals surface area contributed by atoms with Crippen molar-refractivity contribution in [3.63, 3.8) is 0 Å². The molecular weight excluding hydrogens is 278 g/mol. The van der Waals surface area contributed by atoms with Crippen LogP contribution in [0.3, 0.4) is 0 Å². The van der Waals surface area contributed by atoms with Crippen molar-refractivity contribution in [3.05, 3.63) is 34.9 Å². The van der Waals surface area contributed by atoms with Crippen LogP contribution >= 0.6 is 11.6 Å². The number of aryl methyl sites for hydroxylation is 1. The quantitative estimate of drug-likeness (QED) is 0.915. The molecule has 0 spiro atoms. The summed E-state index contributed by atoms with van der Waals surface area (Å²) in [4.78, 5) is 12.2. The summed E-state index contributed by atoms with van der Waals surface area (Å²) in [7, 11) is 1.88. The van der Waals surface area contributed by atoms with Crippen molar-refractivity contribution >= 4 is 17.5 Å². The molecule has 0 saturated heterocycles. The van der Waals surface area contributed by atoms with Crippen LogP contribution in [0.5, 0.6) is 0 Å². The summed E-state index contributed by atoms with van der Waals surface area (Å²) in [6.45, 7) is 4.37. The lowest BCUT2D eigenvalue weighted by Gasteiger charge is -2.15. The molecule has 2 aromatic heterocycles. The van der Waals surface area contributed by atoms with E-state index in [-0.39, 0.29) is 11.9 Å².